The van der Waals surface area contributed by atoms with Gasteiger partial charge < -0.3 is 20.8 Å². The van der Waals surface area contributed by atoms with Crippen molar-refractivity contribution >= 4 is 5.97 Å². The summed E-state index contributed by atoms with van der Waals surface area (Å²) in [7, 11) is 0. The van der Waals surface area contributed by atoms with Gasteiger partial charge in [0.1, 0.15) is 0 Å². The summed E-state index contributed by atoms with van der Waals surface area (Å²) in [6, 6.07) is -0.665. The molecule has 0 aliphatic heterocycles. The number of imidazole rings is 1. The predicted octanol–water partition coefficient (Wildman–Crippen LogP) is -0.823. The van der Waals surface area contributed by atoms with Crippen molar-refractivity contribution in [2.75, 3.05) is 0 Å². The summed E-state index contributed by atoms with van der Waals surface area (Å²) in [6.45, 7) is 0. The van der Waals surface area contributed by atoms with Crippen molar-refractivity contribution in [2.24, 2.45) is 5.73 Å². The van der Waals surface area contributed by atoms with Gasteiger partial charge in [-0.05, 0) is 0 Å². The van der Waals surface area contributed by atoms with Gasteiger partial charge >= 0.3 is 11.7 Å². The lowest BCUT2D eigenvalue weighted by molar-refractivity contribution is -0.137. The summed E-state index contributed by atoms with van der Waals surface area (Å²) >= 11 is 0. The van der Waals surface area contributed by atoms with Gasteiger partial charge in [-0.25, -0.2) is 4.79 Å². The fourth-order valence-electron chi connectivity index (χ4n) is 0.844. The van der Waals surface area contributed by atoms with E-state index in [0.717, 1.165) is 0 Å². The maximum atomic E-state index is 10.6. The molecule has 0 fully saturated rings. The number of nitrogens with one attached hydrogen (secondary N) is 2. The largest absolute Gasteiger partial charge is 0.481 e. The third-order valence-corrected chi connectivity index (χ3v) is 1.41. The van der Waals surface area contributed by atoms with E-state index in [2.05, 4.69) is 9.97 Å². The second-order valence-corrected chi connectivity index (χ2v) is 2.40. The molecule has 0 aliphatic carbocycles. The van der Waals surface area contributed by atoms with Crippen LogP contribution in [-0.2, 0) is 4.79 Å². The molecule has 6 nitrogen and oxygen atoms in total. The number of H-pyrrole nitrogens is 2. The highest BCUT2D eigenvalue weighted by atomic mass is 16.4. The third kappa shape index (κ3) is 1.96. The highest BCUT2D eigenvalue weighted by molar-refractivity contribution is 5.67. The number of hydrogen-bond donors (Lipinski definition) is 4. The maximum Gasteiger partial charge on any atom is 0.323 e. The summed E-state index contributed by atoms with van der Waals surface area (Å²) in [4.78, 5) is 25.5. The van der Waals surface area contributed by atoms with Crippen molar-refractivity contribution in [3.05, 3.63) is 22.4 Å². The van der Waals surface area contributed by atoms with Gasteiger partial charge in [0.05, 0.1) is 18.2 Å². The summed E-state index contributed by atoms with van der Waals surface area (Å²) in [5.74, 6) is -0.996. The van der Waals surface area contributed by atoms with Crippen molar-refractivity contribution in [1.29, 1.82) is 0 Å². The molecule has 0 saturated carbocycles. The first-order valence-electron chi connectivity index (χ1n) is 3.34. The van der Waals surface area contributed by atoms with Crippen LogP contribution in [0, 0.1) is 0 Å². The molecular formula is C6H9N3O3. The van der Waals surface area contributed by atoms with E-state index in [1.807, 2.05) is 0 Å². The second-order valence-electron chi connectivity index (χ2n) is 2.40. The van der Waals surface area contributed by atoms with Gasteiger partial charge in [-0.2, -0.15) is 0 Å². The van der Waals surface area contributed by atoms with Crippen LogP contribution in [0.2, 0.25) is 0 Å². The van der Waals surface area contributed by atoms with Gasteiger partial charge in [-0.1, -0.05) is 0 Å². The van der Waals surface area contributed by atoms with Crippen molar-refractivity contribution in [2.45, 2.75) is 12.5 Å². The van der Waals surface area contributed by atoms with Crippen LogP contribution in [0.1, 0.15) is 18.2 Å². The molecule has 0 aliphatic rings. The van der Waals surface area contributed by atoms with Gasteiger partial charge in [0.25, 0.3) is 0 Å². The zero-order valence-electron chi connectivity index (χ0n) is 6.20. The monoisotopic (exact) mass is 171 g/mol. The molecule has 66 valence electrons. The number of nitrogens with two attached hydrogens (primary N) is 1. The minimum Gasteiger partial charge on any atom is -0.481 e. The Labute approximate surface area is 67.4 Å². The fourth-order valence-corrected chi connectivity index (χ4v) is 0.844. The van der Waals surface area contributed by atoms with E-state index in [1.165, 1.54) is 6.20 Å². The Kier molecular flexibility index (Phi) is 2.29. The number of carboxylic acids is 1. The highest BCUT2D eigenvalue weighted by Crippen LogP contribution is 2.07. The number of hydrogen-bond acceptors (Lipinski definition) is 3. The van der Waals surface area contributed by atoms with Gasteiger partial charge in [0, 0.05) is 6.20 Å². The molecule has 0 bridgehead atoms. The Morgan fingerprint density at radius 2 is 2.42 bits per heavy atom. The van der Waals surface area contributed by atoms with Gasteiger partial charge in [0.2, 0.25) is 0 Å². The average molecular weight is 171 g/mol. The minimum absolute atomic E-state index is 0.201. The van der Waals surface area contributed by atoms with Crippen LogP contribution in [0.15, 0.2) is 11.0 Å². The molecule has 1 aromatic heterocycles. The van der Waals surface area contributed by atoms with Crippen molar-refractivity contribution in [3.63, 3.8) is 0 Å². The molecule has 1 atom stereocenters. The molecule has 1 aromatic rings. The van der Waals surface area contributed by atoms with Gasteiger partial charge in [0.15, 0.2) is 0 Å². The number of carboxylic acid groups (broad SMARTS) is 1. The lowest BCUT2D eigenvalue weighted by atomic mass is 10.2. The molecule has 1 rings (SSSR count). The first kappa shape index (κ1) is 8.54. The maximum absolute atomic E-state index is 10.6. The predicted molar refractivity (Wildman–Crippen MR) is 40.6 cm³/mol. The molecule has 1 unspecified atom stereocenters. The Morgan fingerprint density at radius 1 is 1.75 bits per heavy atom. The van der Waals surface area contributed by atoms with Crippen LogP contribution in [0.4, 0.5) is 0 Å². The molecule has 0 saturated heterocycles. The molecule has 0 amide bonds. The number of rotatable bonds is 3. The highest BCUT2D eigenvalue weighted by Gasteiger charge is 2.11. The quantitative estimate of drug-likeness (QED) is 0.475. The van der Waals surface area contributed by atoms with E-state index in [4.69, 9.17) is 10.8 Å². The summed E-state index contributed by atoms with van der Waals surface area (Å²) in [6.07, 6.45) is 1.17. The molecule has 1 heterocycles. The smallest absolute Gasteiger partial charge is 0.323 e. The van der Waals surface area contributed by atoms with Gasteiger partial charge in [-0.3, -0.25) is 4.79 Å². The Bertz CT molecular complexity index is 327. The zero-order valence-corrected chi connectivity index (χ0v) is 6.20. The molecule has 6 heteroatoms. The Morgan fingerprint density at radius 3 is 2.83 bits per heavy atom. The topological polar surface area (TPSA) is 112 Å². The summed E-state index contributed by atoms with van der Waals surface area (Å²) < 4.78 is 0. The normalized spacial score (nSPS) is 12.8. The zero-order chi connectivity index (χ0) is 9.14. The first-order chi connectivity index (χ1) is 5.59. The molecule has 0 radical (unpaired) electrons. The van der Waals surface area contributed by atoms with Crippen molar-refractivity contribution < 1.29 is 9.90 Å². The molecule has 12 heavy (non-hydrogen) atoms. The molecule has 5 N–H and O–H groups in total. The van der Waals surface area contributed by atoms with Crippen molar-refractivity contribution in [1.82, 2.24) is 9.97 Å². The van der Waals surface area contributed by atoms with Crippen LogP contribution in [0.5, 0.6) is 0 Å². The minimum atomic E-state index is -0.996. The van der Waals surface area contributed by atoms with E-state index in [-0.39, 0.29) is 12.1 Å². The number of aromatic amines is 2. The van der Waals surface area contributed by atoms with Crippen LogP contribution >= 0.6 is 0 Å². The van der Waals surface area contributed by atoms with E-state index in [9.17, 15) is 9.59 Å². The number of aromatic nitrogens is 2. The van der Waals surface area contributed by atoms with Crippen molar-refractivity contribution in [3.8, 4) is 0 Å². The lowest BCUT2D eigenvalue weighted by Crippen LogP contribution is -2.16. The van der Waals surface area contributed by atoms with E-state index >= 15 is 0 Å². The molecular weight excluding hydrogens is 162 g/mol. The lowest BCUT2D eigenvalue weighted by Gasteiger charge is -2.03. The standard InChI is InChI=1S/C6H9N3O3/c7-3(1-5(10)11)4-2-8-6(12)9-4/h2-3H,1,7H2,(H,10,11)(H2,8,9,12). The summed E-state index contributed by atoms with van der Waals surface area (Å²) in [5, 5.41) is 8.37. The SMILES string of the molecule is NC(CC(=O)O)c1c[nH]c(=O)[nH]1. The van der Waals surface area contributed by atoms with Gasteiger partial charge in [-0.15, -0.1) is 0 Å². The Balaban J connectivity index is 2.71. The van der Waals surface area contributed by atoms with E-state index in [0.29, 0.717) is 5.69 Å². The Hall–Kier alpha value is -1.56. The summed E-state index contributed by atoms with van der Waals surface area (Å²) in [5.41, 5.74) is 5.46. The second kappa shape index (κ2) is 3.22. The van der Waals surface area contributed by atoms with Crippen LogP contribution in [0.25, 0.3) is 0 Å². The average Bonchev–Trinajstić information content (AvgIpc) is 2.34. The fraction of sp³-hybridized carbons (Fsp3) is 0.333. The van der Waals surface area contributed by atoms with E-state index < -0.39 is 12.0 Å². The van der Waals surface area contributed by atoms with E-state index in [1.54, 1.807) is 0 Å². The van der Waals surface area contributed by atoms with Crippen LogP contribution in [-0.4, -0.2) is 21.0 Å². The molecule has 0 spiro atoms. The van der Waals surface area contributed by atoms with Crippen LogP contribution < -0.4 is 11.4 Å². The first-order valence-corrected chi connectivity index (χ1v) is 3.34. The number of aliphatic carboxylic acids is 1. The third-order valence-electron chi connectivity index (χ3n) is 1.41. The molecule has 0 aromatic carbocycles. The number of carbonyl (C=O) groups is 1. The van der Waals surface area contributed by atoms with Crippen LogP contribution in [0.3, 0.4) is 0 Å².